The van der Waals surface area contributed by atoms with Crippen LogP contribution in [-0.2, 0) is 4.79 Å². The van der Waals surface area contributed by atoms with Gasteiger partial charge in [0, 0.05) is 25.7 Å². The van der Waals surface area contributed by atoms with Crippen LogP contribution in [0.1, 0.15) is 26.2 Å². The molecule has 1 amide bonds. The van der Waals surface area contributed by atoms with Crippen molar-refractivity contribution in [3.63, 3.8) is 0 Å². The first-order valence-corrected chi connectivity index (χ1v) is 5.33. The van der Waals surface area contributed by atoms with Gasteiger partial charge in [0.2, 0.25) is 5.91 Å². The van der Waals surface area contributed by atoms with Gasteiger partial charge in [0.25, 0.3) is 0 Å². The van der Waals surface area contributed by atoms with Gasteiger partial charge >= 0.3 is 0 Å². The third kappa shape index (κ3) is 2.02. The second kappa shape index (κ2) is 3.66. The molecular formula is C10H18N2O. The first kappa shape index (κ1) is 9.00. The van der Waals surface area contributed by atoms with Crippen molar-refractivity contribution in [3.8, 4) is 0 Å². The Kier molecular flexibility index (Phi) is 2.54. The summed E-state index contributed by atoms with van der Waals surface area (Å²) < 4.78 is 0. The standard InChI is InChI=1S/C10H18N2O/c1-2-5-11-6-7-12(8-10(11)13)9-3-4-9/h9H,2-8H2,1H3. The van der Waals surface area contributed by atoms with Crippen LogP contribution < -0.4 is 0 Å². The third-order valence-electron chi connectivity index (χ3n) is 2.90. The molecule has 0 aromatic heterocycles. The number of amides is 1. The van der Waals surface area contributed by atoms with Crippen molar-refractivity contribution in [1.29, 1.82) is 0 Å². The maximum atomic E-state index is 11.6. The lowest BCUT2D eigenvalue weighted by Crippen LogP contribution is -2.51. The Morgan fingerprint density at radius 2 is 2.15 bits per heavy atom. The van der Waals surface area contributed by atoms with Crippen molar-refractivity contribution < 1.29 is 4.79 Å². The highest BCUT2D eigenvalue weighted by Crippen LogP contribution is 2.27. The Balaban J connectivity index is 1.84. The molecule has 3 heteroatoms. The zero-order valence-electron chi connectivity index (χ0n) is 8.33. The molecule has 0 bridgehead atoms. The lowest BCUT2D eigenvalue weighted by molar-refractivity contribution is -0.136. The lowest BCUT2D eigenvalue weighted by atomic mass is 10.3. The summed E-state index contributed by atoms with van der Waals surface area (Å²) in [6, 6.07) is 0.743. The Bertz CT molecular complexity index is 201. The molecule has 1 saturated heterocycles. The van der Waals surface area contributed by atoms with E-state index in [-0.39, 0.29) is 0 Å². The summed E-state index contributed by atoms with van der Waals surface area (Å²) in [6.45, 7) is 5.78. The second-order valence-corrected chi connectivity index (χ2v) is 4.08. The van der Waals surface area contributed by atoms with Gasteiger partial charge < -0.3 is 4.90 Å². The topological polar surface area (TPSA) is 23.6 Å². The van der Waals surface area contributed by atoms with Crippen LogP contribution in [-0.4, -0.2) is 47.9 Å². The molecule has 0 aromatic carbocycles. The van der Waals surface area contributed by atoms with Gasteiger partial charge in [-0.05, 0) is 19.3 Å². The maximum absolute atomic E-state index is 11.6. The van der Waals surface area contributed by atoms with Gasteiger partial charge in [-0.3, -0.25) is 9.69 Å². The van der Waals surface area contributed by atoms with E-state index in [0.717, 1.165) is 32.1 Å². The van der Waals surface area contributed by atoms with Crippen LogP contribution >= 0.6 is 0 Å². The van der Waals surface area contributed by atoms with Gasteiger partial charge in [-0.2, -0.15) is 0 Å². The molecule has 0 radical (unpaired) electrons. The predicted octanol–water partition coefficient (Wildman–Crippen LogP) is 0.703. The number of hydrogen-bond donors (Lipinski definition) is 0. The minimum atomic E-state index is 0.333. The monoisotopic (exact) mass is 182 g/mol. The van der Waals surface area contributed by atoms with Crippen LogP contribution in [0.3, 0.4) is 0 Å². The predicted molar refractivity (Wildman–Crippen MR) is 51.5 cm³/mol. The van der Waals surface area contributed by atoms with Crippen molar-refractivity contribution in [2.45, 2.75) is 32.2 Å². The van der Waals surface area contributed by atoms with E-state index in [1.165, 1.54) is 12.8 Å². The van der Waals surface area contributed by atoms with E-state index < -0.39 is 0 Å². The molecule has 13 heavy (non-hydrogen) atoms. The number of carbonyl (C=O) groups excluding carboxylic acids is 1. The average Bonchev–Trinajstić information content (AvgIpc) is 2.91. The fourth-order valence-electron chi connectivity index (χ4n) is 1.98. The van der Waals surface area contributed by atoms with Crippen molar-refractivity contribution >= 4 is 5.91 Å². The van der Waals surface area contributed by atoms with E-state index >= 15 is 0 Å². The Morgan fingerprint density at radius 1 is 1.38 bits per heavy atom. The normalized spacial score (nSPS) is 25.3. The summed E-state index contributed by atoms with van der Waals surface area (Å²) >= 11 is 0. The molecule has 1 aliphatic heterocycles. The summed E-state index contributed by atoms with van der Waals surface area (Å²) in [5, 5.41) is 0. The first-order chi connectivity index (χ1) is 6.31. The number of rotatable bonds is 3. The lowest BCUT2D eigenvalue weighted by Gasteiger charge is -2.34. The minimum absolute atomic E-state index is 0.333. The molecule has 1 aliphatic carbocycles. The van der Waals surface area contributed by atoms with E-state index in [1.54, 1.807) is 0 Å². The van der Waals surface area contributed by atoms with Gasteiger partial charge in [-0.25, -0.2) is 0 Å². The zero-order chi connectivity index (χ0) is 9.26. The van der Waals surface area contributed by atoms with Crippen LogP contribution in [0.2, 0.25) is 0 Å². The molecule has 2 aliphatic rings. The summed E-state index contributed by atoms with van der Waals surface area (Å²) in [7, 11) is 0. The third-order valence-corrected chi connectivity index (χ3v) is 2.90. The summed E-state index contributed by atoms with van der Waals surface area (Å²) in [6.07, 6.45) is 3.69. The van der Waals surface area contributed by atoms with Crippen LogP contribution in [0.5, 0.6) is 0 Å². The highest BCUT2D eigenvalue weighted by atomic mass is 16.2. The Labute approximate surface area is 79.7 Å². The smallest absolute Gasteiger partial charge is 0.236 e. The minimum Gasteiger partial charge on any atom is -0.340 e. The summed E-state index contributed by atoms with van der Waals surface area (Å²) in [4.78, 5) is 16.0. The van der Waals surface area contributed by atoms with Gasteiger partial charge in [0.15, 0.2) is 0 Å². The van der Waals surface area contributed by atoms with Gasteiger partial charge in [0.1, 0.15) is 0 Å². The number of piperazine rings is 1. The Morgan fingerprint density at radius 3 is 2.69 bits per heavy atom. The van der Waals surface area contributed by atoms with Crippen LogP contribution in [0, 0.1) is 0 Å². The van der Waals surface area contributed by atoms with Gasteiger partial charge in [-0.15, -0.1) is 0 Å². The largest absolute Gasteiger partial charge is 0.340 e. The van der Waals surface area contributed by atoms with Crippen molar-refractivity contribution in [3.05, 3.63) is 0 Å². The molecule has 3 nitrogen and oxygen atoms in total. The highest BCUT2D eigenvalue weighted by molar-refractivity contribution is 5.79. The van der Waals surface area contributed by atoms with Crippen molar-refractivity contribution in [1.82, 2.24) is 9.80 Å². The van der Waals surface area contributed by atoms with E-state index in [2.05, 4.69) is 11.8 Å². The van der Waals surface area contributed by atoms with Crippen molar-refractivity contribution in [2.24, 2.45) is 0 Å². The van der Waals surface area contributed by atoms with E-state index in [0.29, 0.717) is 12.5 Å². The molecule has 0 atom stereocenters. The summed E-state index contributed by atoms with van der Waals surface area (Å²) in [5.74, 6) is 0.333. The molecule has 1 heterocycles. The summed E-state index contributed by atoms with van der Waals surface area (Å²) in [5.41, 5.74) is 0. The second-order valence-electron chi connectivity index (χ2n) is 4.08. The fraction of sp³-hybridized carbons (Fsp3) is 0.900. The number of nitrogens with zero attached hydrogens (tertiary/aromatic N) is 2. The van der Waals surface area contributed by atoms with Crippen LogP contribution in [0.4, 0.5) is 0 Å². The Hall–Kier alpha value is -0.570. The van der Waals surface area contributed by atoms with E-state index in [1.807, 2.05) is 4.90 Å². The molecule has 0 aromatic rings. The fourth-order valence-corrected chi connectivity index (χ4v) is 1.98. The average molecular weight is 182 g/mol. The molecule has 0 spiro atoms. The van der Waals surface area contributed by atoms with E-state index in [9.17, 15) is 4.79 Å². The molecule has 0 N–H and O–H groups in total. The zero-order valence-corrected chi connectivity index (χ0v) is 8.33. The first-order valence-electron chi connectivity index (χ1n) is 5.33. The number of hydrogen-bond acceptors (Lipinski definition) is 2. The molecule has 2 fully saturated rings. The molecule has 1 saturated carbocycles. The molecule has 74 valence electrons. The maximum Gasteiger partial charge on any atom is 0.236 e. The molecule has 2 rings (SSSR count). The van der Waals surface area contributed by atoms with Crippen molar-refractivity contribution in [2.75, 3.05) is 26.2 Å². The van der Waals surface area contributed by atoms with Crippen LogP contribution in [0.25, 0.3) is 0 Å². The molecular weight excluding hydrogens is 164 g/mol. The highest BCUT2D eigenvalue weighted by Gasteiger charge is 2.33. The number of carbonyl (C=O) groups is 1. The van der Waals surface area contributed by atoms with Gasteiger partial charge in [0.05, 0.1) is 6.54 Å². The SMILES string of the molecule is CCCN1CCN(C2CC2)CC1=O. The van der Waals surface area contributed by atoms with Gasteiger partial charge in [-0.1, -0.05) is 6.92 Å². The van der Waals surface area contributed by atoms with Crippen LogP contribution in [0.15, 0.2) is 0 Å². The quantitative estimate of drug-likeness (QED) is 0.641. The molecule has 0 unspecified atom stereocenters. The van der Waals surface area contributed by atoms with E-state index in [4.69, 9.17) is 0 Å².